The molecule has 9 heteroatoms. The van der Waals surface area contributed by atoms with Gasteiger partial charge in [-0.15, -0.1) is 0 Å². The van der Waals surface area contributed by atoms with E-state index in [0.29, 0.717) is 18.0 Å². The lowest BCUT2D eigenvalue weighted by Crippen LogP contribution is -2.30. The lowest BCUT2D eigenvalue weighted by Gasteiger charge is -2.14. The number of para-hydroxylation sites is 2. The van der Waals surface area contributed by atoms with Crippen molar-refractivity contribution in [1.82, 2.24) is 4.90 Å². The van der Waals surface area contributed by atoms with Crippen molar-refractivity contribution in [2.24, 2.45) is 0 Å². The van der Waals surface area contributed by atoms with Crippen molar-refractivity contribution in [2.75, 3.05) is 39.7 Å². The molecule has 1 atom stereocenters. The summed E-state index contributed by atoms with van der Waals surface area (Å²) in [6.07, 6.45) is -0.179. The van der Waals surface area contributed by atoms with Gasteiger partial charge in [0.25, 0.3) is 10.1 Å². The van der Waals surface area contributed by atoms with Crippen molar-refractivity contribution in [3.8, 4) is 11.5 Å². The maximum absolute atomic E-state index is 11.7. The molecule has 0 bridgehead atoms. The zero-order valence-electron chi connectivity index (χ0n) is 12.9. The Morgan fingerprint density at radius 2 is 2.00 bits per heavy atom. The molecule has 0 N–H and O–H groups in total. The zero-order chi connectivity index (χ0) is 16.9. The largest absolute Gasteiger partial charge is 0.493 e. The molecule has 1 fully saturated rings. The van der Waals surface area contributed by atoms with Gasteiger partial charge in [0.05, 0.1) is 26.5 Å². The van der Waals surface area contributed by atoms with Crippen molar-refractivity contribution in [3.63, 3.8) is 0 Å². The molecule has 128 valence electrons. The summed E-state index contributed by atoms with van der Waals surface area (Å²) in [6.45, 7) is 0.638. The maximum atomic E-state index is 11.7. The SMILES string of the molecule is COc1ccccc1OCCN1C[C@@H](COS(C)(=O)=O)OC1=O. The topological polar surface area (TPSA) is 91.4 Å². The number of rotatable bonds is 8. The van der Waals surface area contributed by atoms with Gasteiger partial charge in [-0.2, -0.15) is 8.42 Å². The third-order valence-corrected chi connectivity index (χ3v) is 3.67. The van der Waals surface area contributed by atoms with E-state index in [-0.39, 0.29) is 19.8 Å². The Morgan fingerprint density at radius 1 is 1.30 bits per heavy atom. The van der Waals surface area contributed by atoms with E-state index < -0.39 is 22.3 Å². The molecule has 0 aromatic heterocycles. The van der Waals surface area contributed by atoms with E-state index in [1.54, 1.807) is 19.2 Å². The Kier molecular flexibility index (Phi) is 5.67. The van der Waals surface area contributed by atoms with E-state index in [0.717, 1.165) is 6.26 Å². The summed E-state index contributed by atoms with van der Waals surface area (Å²) in [6, 6.07) is 7.19. The van der Waals surface area contributed by atoms with Crippen LogP contribution in [0.15, 0.2) is 24.3 Å². The van der Waals surface area contributed by atoms with Gasteiger partial charge in [-0.25, -0.2) is 4.79 Å². The average Bonchev–Trinajstić information content (AvgIpc) is 2.85. The minimum absolute atomic E-state index is 0.186. The number of hydrogen-bond donors (Lipinski definition) is 0. The highest BCUT2D eigenvalue weighted by molar-refractivity contribution is 7.85. The molecule has 8 nitrogen and oxygen atoms in total. The molecule has 0 aliphatic carbocycles. The Morgan fingerprint density at radius 3 is 2.65 bits per heavy atom. The van der Waals surface area contributed by atoms with Gasteiger partial charge >= 0.3 is 6.09 Å². The second kappa shape index (κ2) is 7.51. The van der Waals surface area contributed by atoms with Crippen molar-refractivity contribution in [1.29, 1.82) is 0 Å². The number of nitrogens with zero attached hydrogens (tertiary/aromatic N) is 1. The van der Waals surface area contributed by atoms with E-state index >= 15 is 0 Å². The molecule has 1 aliphatic heterocycles. The molecule has 1 aromatic rings. The summed E-state index contributed by atoms with van der Waals surface area (Å²) in [7, 11) is -2.01. The fourth-order valence-corrected chi connectivity index (χ4v) is 2.45. The summed E-state index contributed by atoms with van der Waals surface area (Å²) in [5, 5.41) is 0. The highest BCUT2D eigenvalue weighted by Gasteiger charge is 2.31. The molecule has 23 heavy (non-hydrogen) atoms. The van der Waals surface area contributed by atoms with E-state index in [1.807, 2.05) is 12.1 Å². The van der Waals surface area contributed by atoms with Gasteiger partial charge in [-0.1, -0.05) is 12.1 Å². The fraction of sp³-hybridized carbons (Fsp3) is 0.500. The van der Waals surface area contributed by atoms with Crippen molar-refractivity contribution >= 4 is 16.2 Å². The lowest BCUT2D eigenvalue weighted by molar-refractivity contribution is 0.104. The van der Waals surface area contributed by atoms with E-state index in [2.05, 4.69) is 4.18 Å². The summed E-state index contributed by atoms with van der Waals surface area (Å²) in [5.74, 6) is 1.19. The van der Waals surface area contributed by atoms with Gasteiger partial charge in [0.15, 0.2) is 11.5 Å². The van der Waals surface area contributed by atoms with Gasteiger partial charge in [0.1, 0.15) is 19.3 Å². The minimum atomic E-state index is -3.56. The van der Waals surface area contributed by atoms with Gasteiger partial charge in [0, 0.05) is 0 Å². The maximum Gasteiger partial charge on any atom is 0.410 e. The molecule has 1 saturated heterocycles. The van der Waals surface area contributed by atoms with Crippen LogP contribution in [-0.4, -0.2) is 65.2 Å². The van der Waals surface area contributed by atoms with Crippen molar-refractivity contribution in [3.05, 3.63) is 24.3 Å². The smallest absolute Gasteiger partial charge is 0.410 e. The number of methoxy groups -OCH3 is 1. The van der Waals surface area contributed by atoms with Crippen LogP contribution in [0.1, 0.15) is 0 Å². The highest BCUT2D eigenvalue weighted by Crippen LogP contribution is 2.25. The van der Waals surface area contributed by atoms with Crippen LogP contribution in [0.2, 0.25) is 0 Å². The highest BCUT2D eigenvalue weighted by atomic mass is 32.2. The van der Waals surface area contributed by atoms with Crippen molar-refractivity contribution in [2.45, 2.75) is 6.10 Å². The summed E-state index contributed by atoms with van der Waals surface area (Å²) in [4.78, 5) is 13.1. The standard InChI is InChI=1S/C14H19NO7S/c1-19-12-5-3-4-6-13(12)20-8-7-15-9-11(22-14(15)16)10-21-23(2,17)18/h3-6,11H,7-10H2,1-2H3/t11-/m0/s1. The molecule has 1 heterocycles. The zero-order valence-corrected chi connectivity index (χ0v) is 13.7. The first kappa shape index (κ1) is 17.4. The average molecular weight is 345 g/mol. The molecule has 0 saturated carbocycles. The lowest BCUT2D eigenvalue weighted by atomic mass is 10.3. The number of hydrogen-bond acceptors (Lipinski definition) is 7. The third-order valence-electron chi connectivity index (χ3n) is 3.11. The number of benzene rings is 1. The van der Waals surface area contributed by atoms with Gasteiger partial charge in [-0.05, 0) is 12.1 Å². The number of carbonyl (C=O) groups is 1. The molecule has 0 radical (unpaired) electrons. The Balaban J connectivity index is 1.79. The second-order valence-electron chi connectivity index (χ2n) is 4.94. The second-order valence-corrected chi connectivity index (χ2v) is 6.58. The van der Waals surface area contributed by atoms with Gasteiger partial charge in [0.2, 0.25) is 0 Å². The summed E-state index contributed by atoms with van der Waals surface area (Å²) < 4.78 is 42.3. The first-order chi connectivity index (χ1) is 10.9. The first-order valence-electron chi connectivity index (χ1n) is 6.95. The number of amides is 1. The molecule has 1 aliphatic rings. The normalized spacial score (nSPS) is 17.9. The molecule has 2 rings (SSSR count). The Hall–Kier alpha value is -2.00. The van der Waals surface area contributed by atoms with Gasteiger partial charge < -0.3 is 19.1 Å². The van der Waals surface area contributed by atoms with E-state index in [1.165, 1.54) is 4.90 Å². The quantitative estimate of drug-likeness (QED) is 0.646. The Bertz CT molecular complexity index is 646. The van der Waals surface area contributed by atoms with Crippen LogP contribution in [0.3, 0.4) is 0 Å². The van der Waals surface area contributed by atoms with Crippen molar-refractivity contribution < 1.29 is 31.6 Å². The van der Waals surface area contributed by atoms with Crippen LogP contribution in [0.25, 0.3) is 0 Å². The van der Waals surface area contributed by atoms with Crippen LogP contribution in [0.4, 0.5) is 4.79 Å². The number of ether oxygens (including phenoxy) is 3. The number of carbonyl (C=O) groups excluding carboxylic acids is 1. The summed E-state index contributed by atoms with van der Waals surface area (Å²) in [5.41, 5.74) is 0. The monoisotopic (exact) mass is 345 g/mol. The predicted octanol–water partition coefficient (Wildman–Crippen LogP) is 0.871. The van der Waals surface area contributed by atoms with Crippen LogP contribution < -0.4 is 9.47 Å². The molecule has 1 amide bonds. The molecule has 0 spiro atoms. The summed E-state index contributed by atoms with van der Waals surface area (Å²) >= 11 is 0. The van der Waals surface area contributed by atoms with E-state index in [9.17, 15) is 13.2 Å². The molecule has 1 aromatic carbocycles. The van der Waals surface area contributed by atoms with E-state index in [4.69, 9.17) is 14.2 Å². The van der Waals surface area contributed by atoms with Crippen LogP contribution in [-0.2, 0) is 19.0 Å². The first-order valence-corrected chi connectivity index (χ1v) is 8.76. The van der Waals surface area contributed by atoms with Crippen LogP contribution in [0, 0.1) is 0 Å². The van der Waals surface area contributed by atoms with Crippen LogP contribution in [0.5, 0.6) is 11.5 Å². The Labute approximate surface area is 135 Å². The molecule has 0 unspecified atom stereocenters. The fourth-order valence-electron chi connectivity index (χ4n) is 2.05. The predicted molar refractivity (Wildman–Crippen MR) is 81.1 cm³/mol. The third kappa shape index (κ3) is 5.29. The number of cyclic esters (lactones) is 1. The molecular weight excluding hydrogens is 326 g/mol. The van der Waals surface area contributed by atoms with Gasteiger partial charge in [-0.3, -0.25) is 4.18 Å². The van der Waals surface area contributed by atoms with Crippen LogP contribution >= 0.6 is 0 Å². The minimum Gasteiger partial charge on any atom is -0.493 e. The molecular formula is C14H19NO7S.